The van der Waals surface area contributed by atoms with Crippen LogP contribution in [0, 0.1) is 19.8 Å². The van der Waals surface area contributed by atoms with Crippen LogP contribution in [-0.2, 0) is 0 Å². The van der Waals surface area contributed by atoms with Gasteiger partial charge >= 0.3 is 0 Å². The molecule has 0 aliphatic heterocycles. The van der Waals surface area contributed by atoms with Crippen LogP contribution in [0.2, 0.25) is 0 Å². The summed E-state index contributed by atoms with van der Waals surface area (Å²) in [7, 11) is 0. The molecule has 1 saturated carbocycles. The topological polar surface area (TPSA) is 62.2 Å². The summed E-state index contributed by atoms with van der Waals surface area (Å²) in [4.78, 5) is 17.0. The zero-order chi connectivity index (χ0) is 16.4. The van der Waals surface area contributed by atoms with E-state index in [1.165, 1.54) is 5.56 Å². The summed E-state index contributed by atoms with van der Waals surface area (Å²) in [5, 5.41) is 12.7. The van der Waals surface area contributed by atoms with Crippen molar-refractivity contribution in [1.29, 1.82) is 0 Å². The van der Waals surface area contributed by atoms with Crippen LogP contribution in [0.1, 0.15) is 46.1 Å². The van der Waals surface area contributed by atoms with Gasteiger partial charge in [-0.2, -0.15) is 0 Å². The van der Waals surface area contributed by atoms with Gasteiger partial charge in [-0.15, -0.1) is 0 Å². The fraction of sp³-hybridized carbons (Fsp3) is 0.368. The number of aromatic nitrogens is 1. The summed E-state index contributed by atoms with van der Waals surface area (Å²) in [5.41, 5.74) is 3.78. The quantitative estimate of drug-likeness (QED) is 0.912. The smallest absolute Gasteiger partial charge is 0.251 e. The first-order valence-corrected chi connectivity index (χ1v) is 8.01. The van der Waals surface area contributed by atoms with Crippen molar-refractivity contribution in [2.24, 2.45) is 5.92 Å². The lowest BCUT2D eigenvalue weighted by Gasteiger charge is -2.37. The van der Waals surface area contributed by atoms with E-state index in [9.17, 15) is 9.90 Å². The molecule has 1 aliphatic carbocycles. The molecule has 1 atom stereocenters. The minimum atomic E-state index is -0.260. The van der Waals surface area contributed by atoms with Gasteiger partial charge in [0.2, 0.25) is 0 Å². The van der Waals surface area contributed by atoms with Crippen LogP contribution in [0.25, 0.3) is 0 Å². The lowest BCUT2D eigenvalue weighted by atomic mass is 9.76. The van der Waals surface area contributed by atoms with E-state index in [2.05, 4.69) is 10.3 Å². The molecule has 2 N–H and O–H groups in total. The highest BCUT2D eigenvalue weighted by Crippen LogP contribution is 2.37. The Bertz CT molecular complexity index is 694. The van der Waals surface area contributed by atoms with E-state index in [-0.39, 0.29) is 24.0 Å². The highest BCUT2D eigenvalue weighted by Gasteiger charge is 2.36. The maximum atomic E-state index is 12.6. The second kappa shape index (κ2) is 6.50. The lowest BCUT2D eigenvalue weighted by molar-refractivity contribution is 0.0228. The van der Waals surface area contributed by atoms with Gasteiger partial charge in [0, 0.05) is 11.8 Å². The third kappa shape index (κ3) is 3.42. The van der Waals surface area contributed by atoms with Gasteiger partial charge in [-0.05, 0) is 68.0 Å². The van der Waals surface area contributed by atoms with E-state index in [0.717, 1.165) is 11.3 Å². The number of hydrogen-bond acceptors (Lipinski definition) is 3. The van der Waals surface area contributed by atoms with Crippen LogP contribution in [0.3, 0.4) is 0 Å². The van der Waals surface area contributed by atoms with Gasteiger partial charge in [0.1, 0.15) is 0 Å². The standard InChI is InChI=1S/C19H22N2O2/c1-12-6-7-14(9-13(12)2)19(23)21-18(15-10-16(22)11-15)17-5-3-4-8-20-17/h3-9,15-16,18,22H,10-11H2,1-2H3,(H,21,23)/t15?,16?,18-/m0/s1. The molecule has 120 valence electrons. The molecule has 2 aromatic rings. The predicted molar refractivity (Wildman–Crippen MR) is 89.1 cm³/mol. The number of aryl methyl sites for hydroxylation is 2. The predicted octanol–water partition coefficient (Wildman–Crippen LogP) is 2.94. The number of hydrogen-bond donors (Lipinski definition) is 2. The van der Waals surface area contributed by atoms with E-state index in [4.69, 9.17) is 0 Å². The Morgan fingerprint density at radius 1 is 1.22 bits per heavy atom. The van der Waals surface area contributed by atoms with Crippen molar-refractivity contribution in [3.05, 3.63) is 65.0 Å². The summed E-state index contributed by atoms with van der Waals surface area (Å²) < 4.78 is 0. The van der Waals surface area contributed by atoms with Gasteiger partial charge in [0.25, 0.3) is 5.91 Å². The Kier molecular flexibility index (Phi) is 4.44. The number of aliphatic hydroxyl groups is 1. The molecule has 4 nitrogen and oxygen atoms in total. The summed E-state index contributed by atoms with van der Waals surface area (Å²) >= 11 is 0. The Hall–Kier alpha value is -2.20. The monoisotopic (exact) mass is 310 g/mol. The Labute approximate surface area is 136 Å². The molecule has 1 amide bonds. The van der Waals surface area contributed by atoms with Crippen molar-refractivity contribution in [2.75, 3.05) is 0 Å². The average Bonchev–Trinajstić information content (AvgIpc) is 2.53. The third-order valence-corrected chi connectivity index (χ3v) is 4.68. The molecule has 1 aromatic heterocycles. The van der Waals surface area contributed by atoms with Crippen molar-refractivity contribution in [3.63, 3.8) is 0 Å². The SMILES string of the molecule is Cc1ccc(C(=O)N[C@H](c2ccccn2)C2CC(O)C2)cc1C. The van der Waals surface area contributed by atoms with E-state index in [0.29, 0.717) is 18.4 Å². The van der Waals surface area contributed by atoms with Crippen LogP contribution >= 0.6 is 0 Å². The van der Waals surface area contributed by atoms with Crippen LogP contribution in [0.5, 0.6) is 0 Å². The van der Waals surface area contributed by atoms with Crippen LogP contribution in [0.4, 0.5) is 0 Å². The molecule has 0 saturated heterocycles. The molecule has 0 unspecified atom stereocenters. The average molecular weight is 310 g/mol. The lowest BCUT2D eigenvalue weighted by Crippen LogP contribution is -2.41. The molecule has 1 fully saturated rings. The molecule has 23 heavy (non-hydrogen) atoms. The molecule has 1 heterocycles. The largest absolute Gasteiger partial charge is 0.393 e. The molecule has 0 spiro atoms. The van der Waals surface area contributed by atoms with E-state index in [1.54, 1.807) is 6.20 Å². The summed E-state index contributed by atoms with van der Waals surface area (Å²) in [6, 6.07) is 11.3. The highest BCUT2D eigenvalue weighted by atomic mass is 16.3. The van der Waals surface area contributed by atoms with Crippen LogP contribution in [0.15, 0.2) is 42.6 Å². The first kappa shape index (κ1) is 15.7. The van der Waals surface area contributed by atoms with Gasteiger partial charge in [-0.3, -0.25) is 9.78 Å². The highest BCUT2D eigenvalue weighted by molar-refractivity contribution is 5.94. The van der Waals surface area contributed by atoms with Crippen LogP contribution < -0.4 is 5.32 Å². The number of nitrogens with zero attached hydrogens (tertiary/aromatic N) is 1. The minimum absolute atomic E-state index is 0.0925. The number of pyridine rings is 1. The number of amides is 1. The van der Waals surface area contributed by atoms with Crippen molar-refractivity contribution < 1.29 is 9.90 Å². The number of rotatable bonds is 4. The maximum Gasteiger partial charge on any atom is 0.251 e. The third-order valence-electron chi connectivity index (χ3n) is 4.68. The summed E-state index contributed by atoms with van der Waals surface area (Å²) in [5.74, 6) is 0.139. The zero-order valence-electron chi connectivity index (χ0n) is 13.5. The molecule has 1 aromatic carbocycles. The summed E-state index contributed by atoms with van der Waals surface area (Å²) in [6.07, 6.45) is 2.88. The van der Waals surface area contributed by atoms with Gasteiger partial charge < -0.3 is 10.4 Å². The molecule has 0 radical (unpaired) electrons. The summed E-state index contributed by atoms with van der Waals surface area (Å²) in [6.45, 7) is 4.04. The number of carbonyl (C=O) groups is 1. The molecular formula is C19H22N2O2. The molecule has 0 bridgehead atoms. The number of nitrogens with one attached hydrogen (secondary N) is 1. The van der Waals surface area contributed by atoms with Crippen molar-refractivity contribution in [2.45, 2.75) is 38.8 Å². The van der Waals surface area contributed by atoms with E-state index >= 15 is 0 Å². The molecular weight excluding hydrogens is 288 g/mol. The first-order chi connectivity index (χ1) is 11.0. The Balaban J connectivity index is 1.80. The molecule has 4 heteroatoms. The zero-order valence-corrected chi connectivity index (χ0v) is 13.5. The maximum absolute atomic E-state index is 12.6. The van der Waals surface area contributed by atoms with Gasteiger partial charge in [0.15, 0.2) is 0 Å². The van der Waals surface area contributed by atoms with Gasteiger partial charge in [-0.1, -0.05) is 12.1 Å². The molecule has 1 aliphatic rings. The normalized spacial score (nSPS) is 21.3. The van der Waals surface area contributed by atoms with Gasteiger partial charge in [0.05, 0.1) is 17.8 Å². The van der Waals surface area contributed by atoms with Gasteiger partial charge in [-0.25, -0.2) is 0 Å². The number of carbonyl (C=O) groups excluding carboxylic acids is 1. The van der Waals surface area contributed by atoms with E-state index < -0.39 is 0 Å². The Morgan fingerprint density at radius 2 is 2.00 bits per heavy atom. The fourth-order valence-electron chi connectivity index (χ4n) is 3.00. The number of aliphatic hydroxyl groups excluding tert-OH is 1. The van der Waals surface area contributed by atoms with Crippen molar-refractivity contribution in [3.8, 4) is 0 Å². The first-order valence-electron chi connectivity index (χ1n) is 8.01. The second-order valence-corrected chi connectivity index (χ2v) is 6.39. The number of benzene rings is 1. The second-order valence-electron chi connectivity index (χ2n) is 6.39. The molecule has 3 rings (SSSR count). The minimum Gasteiger partial charge on any atom is -0.393 e. The van der Waals surface area contributed by atoms with Crippen LogP contribution in [-0.4, -0.2) is 22.1 Å². The van der Waals surface area contributed by atoms with Crippen molar-refractivity contribution >= 4 is 5.91 Å². The van der Waals surface area contributed by atoms with E-state index in [1.807, 2.05) is 50.2 Å². The van der Waals surface area contributed by atoms with Crippen molar-refractivity contribution in [1.82, 2.24) is 10.3 Å². The Morgan fingerprint density at radius 3 is 2.61 bits per heavy atom. The fourth-order valence-corrected chi connectivity index (χ4v) is 3.00.